The molecule has 2 aromatic rings. The maximum Gasteiger partial charge on any atom is 0.408 e. The van der Waals surface area contributed by atoms with E-state index in [0.717, 1.165) is 16.3 Å². The van der Waals surface area contributed by atoms with E-state index in [1.807, 2.05) is 45.0 Å². The Balaban J connectivity index is 2.01. The van der Waals surface area contributed by atoms with Crippen LogP contribution in [0, 0.1) is 11.8 Å². The molecule has 1 N–H and O–H groups in total. The van der Waals surface area contributed by atoms with Crippen LogP contribution in [-0.2, 0) is 4.74 Å². The third kappa shape index (κ3) is 4.50. The van der Waals surface area contributed by atoms with Gasteiger partial charge in [0.2, 0.25) is 0 Å². The normalized spacial score (nSPS) is 10.6. The van der Waals surface area contributed by atoms with Gasteiger partial charge in [0, 0.05) is 23.2 Å². The van der Waals surface area contributed by atoms with Crippen LogP contribution in [-0.4, -0.2) is 23.2 Å². The Morgan fingerprint density at radius 2 is 2.05 bits per heavy atom. The Bertz CT molecular complexity index is 701. The summed E-state index contributed by atoms with van der Waals surface area (Å²) in [5.74, 6) is 5.93. The predicted molar refractivity (Wildman–Crippen MR) is 82.9 cm³/mol. The van der Waals surface area contributed by atoms with Gasteiger partial charge in [-0.2, -0.15) is 0 Å². The fourth-order valence-electron chi connectivity index (χ4n) is 1.79. The first-order valence-corrected chi connectivity index (χ1v) is 6.74. The summed E-state index contributed by atoms with van der Waals surface area (Å²) in [7, 11) is 0. The van der Waals surface area contributed by atoms with Gasteiger partial charge in [0.25, 0.3) is 0 Å². The molecule has 1 aromatic heterocycles. The summed E-state index contributed by atoms with van der Waals surface area (Å²) in [6, 6.07) is 7.92. The van der Waals surface area contributed by atoms with Crippen LogP contribution in [0.25, 0.3) is 10.8 Å². The average Bonchev–Trinajstić information content (AvgIpc) is 2.42. The van der Waals surface area contributed by atoms with E-state index in [2.05, 4.69) is 22.1 Å². The molecule has 0 unspecified atom stereocenters. The average molecular weight is 282 g/mol. The molecule has 108 valence electrons. The number of nitrogens with one attached hydrogen (secondary N) is 1. The van der Waals surface area contributed by atoms with Crippen LogP contribution in [0.3, 0.4) is 0 Å². The van der Waals surface area contributed by atoms with Gasteiger partial charge in [0.05, 0.1) is 12.1 Å². The highest BCUT2D eigenvalue weighted by Crippen LogP contribution is 2.15. The van der Waals surface area contributed by atoms with Crippen molar-refractivity contribution in [3.05, 3.63) is 42.2 Å². The number of rotatable bonds is 1. The zero-order valence-corrected chi connectivity index (χ0v) is 12.4. The summed E-state index contributed by atoms with van der Waals surface area (Å²) in [4.78, 5) is 15.6. The van der Waals surface area contributed by atoms with E-state index in [0.29, 0.717) is 0 Å². The van der Waals surface area contributed by atoms with Crippen molar-refractivity contribution in [1.29, 1.82) is 0 Å². The third-order valence-electron chi connectivity index (χ3n) is 2.61. The number of benzene rings is 1. The van der Waals surface area contributed by atoms with Crippen molar-refractivity contribution in [3.63, 3.8) is 0 Å². The van der Waals surface area contributed by atoms with Gasteiger partial charge in [0.1, 0.15) is 5.60 Å². The lowest BCUT2D eigenvalue weighted by Gasteiger charge is -2.19. The maximum atomic E-state index is 11.5. The number of amides is 1. The fraction of sp³-hybridized carbons (Fsp3) is 0.294. The zero-order chi connectivity index (χ0) is 15.3. The Kier molecular flexibility index (Phi) is 4.44. The summed E-state index contributed by atoms with van der Waals surface area (Å²) in [5.41, 5.74) is 0.343. The molecular formula is C17H18N2O2. The number of hydrogen-bond acceptors (Lipinski definition) is 3. The molecule has 1 amide bonds. The number of nitrogens with zero attached hydrogens (tertiary/aromatic N) is 1. The van der Waals surface area contributed by atoms with Gasteiger partial charge in [-0.15, -0.1) is 0 Å². The smallest absolute Gasteiger partial charge is 0.408 e. The molecule has 1 heterocycles. The molecule has 1 aromatic carbocycles. The summed E-state index contributed by atoms with van der Waals surface area (Å²) < 4.78 is 5.13. The largest absolute Gasteiger partial charge is 0.444 e. The Labute approximate surface area is 124 Å². The standard InChI is InChI=1S/C17H18N2O2/c1-17(2,3)21-16(20)19-10-6-8-14-12-18-11-13-7-4-5-9-15(13)14/h4-5,7,9,11-12H,10H2,1-3H3,(H,19,20). The molecule has 0 spiro atoms. The molecule has 0 saturated carbocycles. The lowest BCUT2D eigenvalue weighted by atomic mass is 10.1. The van der Waals surface area contributed by atoms with Crippen molar-refractivity contribution < 1.29 is 9.53 Å². The van der Waals surface area contributed by atoms with Crippen molar-refractivity contribution in [2.24, 2.45) is 0 Å². The number of pyridine rings is 1. The van der Waals surface area contributed by atoms with Gasteiger partial charge in [-0.25, -0.2) is 4.79 Å². The monoisotopic (exact) mass is 282 g/mol. The van der Waals surface area contributed by atoms with Crippen LogP contribution >= 0.6 is 0 Å². The molecule has 0 radical (unpaired) electrons. The Morgan fingerprint density at radius 3 is 2.81 bits per heavy atom. The van der Waals surface area contributed by atoms with E-state index in [4.69, 9.17) is 4.74 Å². The Morgan fingerprint density at radius 1 is 1.29 bits per heavy atom. The van der Waals surface area contributed by atoms with Gasteiger partial charge < -0.3 is 10.1 Å². The predicted octanol–water partition coefficient (Wildman–Crippen LogP) is 3.11. The van der Waals surface area contributed by atoms with E-state index in [-0.39, 0.29) is 6.54 Å². The molecule has 0 saturated heterocycles. The number of carbonyl (C=O) groups is 1. The molecule has 0 aliphatic heterocycles. The summed E-state index contributed by atoms with van der Waals surface area (Å²) >= 11 is 0. The highest BCUT2D eigenvalue weighted by Gasteiger charge is 2.14. The zero-order valence-electron chi connectivity index (χ0n) is 12.4. The second-order valence-corrected chi connectivity index (χ2v) is 5.57. The molecule has 4 heteroatoms. The minimum atomic E-state index is -0.503. The van der Waals surface area contributed by atoms with Gasteiger partial charge in [-0.1, -0.05) is 36.1 Å². The second-order valence-electron chi connectivity index (χ2n) is 5.57. The first-order valence-electron chi connectivity index (χ1n) is 6.74. The highest BCUT2D eigenvalue weighted by molar-refractivity contribution is 5.87. The van der Waals surface area contributed by atoms with Gasteiger partial charge in [-0.3, -0.25) is 4.98 Å². The molecule has 0 aliphatic rings. The Hall–Kier alpha value is -2.54. The fourth-order valence-corrected chi connectivity index (χ4v) is 1.79. The molecule has 0 bridgehead atoms. The van der Waals surface area contributed by atoms with Gasteiger partial charge >= 0.3 is 6.09 Å². The van der Waals surface area contributed by atoms with Crippen molar-refractivity contribution >= 4 is 16.9 Å². The second kappa shape index (κ2) is 6.27. The number of hydrogen-bond donors (Lipinski definition) is 1. The van der Waals surface area contributed by atoms with E-state index in [9.17, 15) is 4.79 Å². The van der Waals surface area contributed by atoms with Crippen molar-refractivity contribution in [3.8, 4) is 11.8 Å². The van der Waals surface area contributed by atoms with Crippen molar-refractivity contribution in [1.82, 2.24) is 10.3 Å². The lowest BCUT2D eigenvalue weighted by molar-refractivity contribution is 0.0535. The van der Waals surface area contributed by atoms with Crippen LogP contribution in [0.15, 0.2) is 36.7 Å². The first-order chi connectivity index (χ1) is 9.96. The van der Waals surface area contributed by atoms with E-state index in [1.54, 1.807) is 12.4 Å². The molecule has 0 aliphatic carbocycles. The van der Waals surface area contributed by atoms with Crippen LogP contribution in [0.2, 0.25) is 0 Å². The van der Waals surface area contributed by atoms with Crippen LogP contribution in [0.5, 0.6) is 0 Å². The van der Waals surface area contributed by atoms with Crippen LogP contribution < -0.4 is 5.32 Å². The summed E-state index contributed by atoms with van der Waals surface area (Å²) in [6.45, 7) is 5.69. The quantitative estimate of drug-likeness (QED) is 0.818. The van der Waals surface area contributed by atoms with Crippen molar-refractivity contribution in [2.45, 2.75) is 26.4 Å². The third-order valence-corrected chi connectivity index (χ3v) is 2.61. The molecular weight excluding hydrogens is 264 g/mol. The van der Waals surface area contributed by atoms with E-state index >= 15 is 0 Å². The van der Waals surface area contributed by atoms with E-state index < -0.39 is 11.7 Å². The molecule has 0 atom stereocenters. The first kappa shape index (κ1) is 14.9. The minimum absolute atomic E-state index is 0.234. The SMILES string of the molecule is CC(C)(C)OC(=O)NCC#Cc1cncc2ccccc12. The number of fused-ring (bicyclic) bond motifs is 1. The molecule has 21 heavy (non-hydrogen) atoms. The molecule has 4 nitrogen and oxygen atoms in total. The number of alkyl carbamates (subject to hydrolysis) is 1. The minimum Gasteiger partial charge on any atom is -0.444 e. The van der Waals surface area contributed by atoms with Crippen LogP contribution in [0.4, 0.5) is 4.79 Å². The van der Waals surface area contributed by atoms with E-state index in [1.165, 1.54) is 0 Å². The van der Waals surface area contributed by atoms with Gasteiger partial charge in [-0.05, 0) is 20.8 Å². The molecule has 2 rings (SSSR count). The number of ether oxygens (including phenoxy) is 1. The van der Waals surface area contributed by atoms with Crippen LogP contribution in [0.1, 0.15) is 26.3 Å². The molecule has 0 fully saturated rings. The number of carbonyl (C=O) groups excluding carboxylic acids is 1. The summed E-state index contributed by atoms with van der Waals surface area (Å²) in [6.07, 6.45) is 3.07. The lowest BCUT2D eigenvalue weighted by Crippen LogP contribution is -2.32. The maximum absolute atomic E-state index is 11.5. The van der Waals surface area contributed by atoms with Crippen molar-refractivity contribution in [2.75, 3.05) is 6.54 Å². The highest BCUT2D eigenvalue weighted by atomic mass is 16.6. The van der Waals surface area contributed by atoms with Gasteiger partial charge in [0.15, 0.2) is 0 Å². The number of aromatic nitrogens is 1. The topological polar surface area (TPSA) is 51.2 Å². The summed E-state index contributed by atoms with van der Waals surface area (Å²) in [5, 5.41) is 4.70.